The van der Waals surface area contributed by atoms with Gasteiger partial charge in [-0.3, -0.25) is 4.79 Å². The molecule has 0 saturated heterocycles. The van der Waals surface area contributed by atoms with Crippen LogP contribution < -0.4 is 9.47 Å². The second-order valence-electron chi connectivity index (χ2n) is 4.82. The maximum atomic E-state index is 9.00. The van der Waals surface area contributed by atoms with Gasteiger partial charge in [0.15, 0.2) is 11.5 Å². The third-order valence-electron chi connectivity index (χ3n) is 2.86. The standard InChI is InChI=1S/C11H14O2.C8H8.C2H4O2/c1-4-5-9-6-7-10(12-2)11(8-9)13-3;1-2-8-6-4-3-5-7-8;1-2(3)4/h4,6-8H,1,5H2,2-3H3;2-7H,1H2;1H3,(H,3,4). The average molecular weight is 342 g/mol. The first-order chi connectivity index (χ1) is 12.0. The number of hydrogen-bond donors (Lipinski definition) is 1. The molecular weight excluding hydrogens is 316 g/mol. The van der Waals surface area contributed by atoms with Gasteiger partial charge in [-0.2, -0.15) is 0 Å². The van der Waals surface area contributed by atoms with Gasteiger partial charge in [0.25, 0.3) is 5.97 Å². The van der Waals surface area contributed by atoms with Gasteiger partial charge >= 0.3 is 0 Å². The molecule has 2 aromatic rings. The second kappa shape index (κ2) is 13.4. The Morgan fingerprint density at radius 3 is 2.00 bits per heavy atom. The number of rotatable bonds is 5. The number of benzene rings is 2. The zero-order valence-corrected chi connectivity index (χ0v) is 15.1. The van der Waals surface area contributed by atoms with Gasteiger partial charge < -0.3 is 14.6 Å². The van der Waals surface area contributed by atoms with Crippen LogP contribution >= 0.6 is 0 Å². The fourth-order valence-electron chi connectivity index (χ4n) is 1.76. The smallest absolute Gasteiger partial charge is 0.300 e. The van der Waals surface area contributed by atoms with Crippen LogP contribution in [0.1, 0.15) is 18.1 Å². The van der Waals surface area contributed by atoms with Crippen molar-refractivity contribution in [3.8, 4) is 11.5 Å². The third kappa shape index (κ3) is 10.4. The molecular formula is C21H26O4. The van der Waals surface area contributed by atoms with Crippen LogP contribution in [-0.4, -0.2) is 25.3 Å². The highest BCUT2D eigenvalue weighted by Gasteiger charge is 2.02. The Balaban J connectivity index is 0.000000407. The summed E-state index contributed by atoms with van der Waals surface area (Å²) < 4.78 is 10.3. The van der Waals surface area contributed by atoms with E-state index in [2.05, 4.69) is 13.2 Å². The third-order valence-corrected chi connectivity index (χ3v) is 2.86. The largest absolute Gasteiger partial charge is 0.493 e. The number of aliphatic carboxylic acids is 1. The van der Waals surface area contributed by atoms with Crippen molar-refractivity contribution in [2.75, 3.05) is 14.2 Å². The first-order valence-electron chi connectivity index (χ1n) is 7.67. The number of carbonyl (C=O) groups is 1. The monoisotopic (exact) mass is 342 g/mol. The maximum absolute atomic E-state index is 9.00. The summed E-state index contributed by atoms with van der Waals surface area (Å²) in [5.41, 5.74) is 2.35. The first kappa shape index (κ1) is 22.0. The van der Waals surface area contributed by atoms with Gasteiger partial charge in [-0.05, 0) is 29.7 Å². The van der Waals surface area contributed by atoms with Crippen LogP contribution in [0.3, 0.4) is 0 Å². The van der Waals surface area contributed by atoms with Crippen LogP contribution in [0.15, 0.2) is 67.8 Å². The molecule has 0 heterocycles. The van der Waals surface area contributed by atoms with Crippen molar-refractivity contribution < 1.29 is 19.4 Å². The highest BCUT2D eigenvalue weighted by Crippen LogP contribution is 2.27. The summed E-state index contributed by atoms with van der Waals surface area (Å²) in [6.45, 7) is 8.40. The van der Waals surface area contributed by atoms with Gasteiger partial charge in [-0.1, -0.05) is 55.1 Å². The zero-order valence-electron chi connectivity index (χ0n) is 15.1. The van der Waals surface area contributed by atoms with Gasteiger partial charge in [-0.15, -0.1) is 6.58 Å². The molecule has 0 aromatic heterocycles. The van der Waals surface area contributed by atoms with Crippen LogP contribution in [0.2, 0.25) is 0 Å². The normalized spacial score (nSPS) is 8.60. The minimum atomic E-state index is -0.833. The summed E-state index contributed by atoms with van der Waals surface area (Å²) in [7, 11) is 3.26. The molecule has 0 saturated carbocycles. The summed E-state index contributed by atoms with van der Waals surface area (Å²) in [5.74, 6) is 0.692. The molecule has 0 aliphatic rings. The molecule has 2 rings (SSSR count). The van der Waals surface area contributed by atoms with Crippen molar-refractivity contribution in [3.63, 3.8) is 0 Å². The number of carboxylic acid groups (broad SMARTS) is 1. The summed E-state index contributed by atoms with van der Waals surface area (Å²) in [5, 5.41) is 7.42. The molecule has 4 heteroatoms. The maximum Gasteiger partial charge on any atom is 0.300 e. The van der Waals surface area contributed by atoms with Gasteiger partial charge in [0, 0.05) is 6.92 Å². The van der Waals surface area contributed by atoms with Gasteiger partial charge in [0.1, 0.15) is 0 Å². The van der Waals surface area contributed by atoms with Crippen LogP contribution in [-0.2, 0) is 11.2 Å². The lowest BCUT2D eigenvalue weighted by Gasteiger charge is -2.08. The van der Waals surface area contributed by atoms with Crippen molar-refractivity contribution in [1.82, 2.24) is 0 Å². The van der Waals surface area contributed by atoms with E-state index < -0.39 is 5.97 Å². The lowest BCUT2D eigenvalue weighted by molar-refractivity contribution is -0.134. The Labute approximate surface area is 150 Å². The van der Waals surface area contributed by atoms with Gasteiger partial charge in [0.2, 0.25) is 0 Å². The van der Waals surface area contributed by atoms with Crippen molar-refractivity contribution in [1.29, 1.82) is 0 Å². The average Bonchev–Trinajstić information content (AvgIpc) is 2.62. The number of hydrogen-bond acceptors (Lipinski definition) is 3. The highest BCUT2D eigenvalue weighted by atomic mass is 16.5. The predicted octanol–water partition coefficient (Wildman–Crippen LogP) is 4.85. The zero-order chi connectivity index (χ0) is 19.1. The fraction of sp³-hybridized carbons (Fsp3) is 0.190. The number of carboxylic acids is 1. The molecule has 2 aromatic carbocycles. The first-order valence-corrected chi connectivity index (χ1v) is 7.67. The van der Waals surface area contributed by atoms with Gasteiger partial charge in [0.05, 0.1) is 14.2 Å². The second-order valence-corrected chi connectivity index (χ2v) is 4.82. The molecule has 0 atom stereocenters. The van der Waals surface area contributed by atoms with E-state index in [9.17, 15) is 0 Å². The Kier molecular flexibility index (Phi) is 11.8. The van der Waals surface area contributed by atoms with Crippen LogP contribution in [0.5, 0.6) is 11.5 Å². The van der Waals surface area contributed by atoms with Crippen molar-refractivity contribution >= 4 is 12.0 Å². The Morgan fingerprint density at radius 1 is 1.04 bits per heavy atom. The number of methoxy groups -OCH3 is 2. The van der Waals surface area contributed by atoms with E-state index in [4.69, 9.17) is 19.4 Å². The quantitative estimate of drug-likeness (QED) is 0.789. The molecule has 0 radical (unpaired) electrons. The lowest BCUT2D eigenvalue weighted by Crippen LogP contribution is -1.91. The molecule has 1 N–H and O–H groups in total. The molecule has 4 nitrogen and oxygen atoms in total. The molecule has 0 bridgehead atoms. The minimum Gasteiger partial charge on any atom is -0.493 e. The van der Waals surface area contributed by atoms with E-state index in [0.717, 1.165) is 24.8 Å². The van der Waals surface area contributed by atoms with Crippen molar-refractivity contribution in [2.24, 2.45) is 0 Å². The Morgan fingerprint density at radius 2 is 1.60 bits per heavy atom. The summed E-state index contributed by atoms with van der Waals surface area (Å²) >= 11 is 0. The molecule has 0 aliphatic heterocycles. The van der Waals surface area contributed by atoms with E-state index in [-0.39, 0.29) is 0 Å². The molecule has 0 aliphatic carbocycles. The molecule has 0 amide bonds. The summed E-state index contributed by atoms with van der Waals surface area (Å²) in [6.07, 6.45) is 4.54. The molecule has 25 heavy (non-hydrogen) atoms. The lowest BCUT2D eigenvalue weighted by atomic mass is 10.1. The Bertz CT molecular complexity index is 644. The molecule has 0 unspecified atom stereocenters. The predicted molar refractivity (Wildman–Crippen MR) is 103 cm³/mol. The Hall–Kier alpha value is -3.01. The SMILES string of the molecule is C=CCc1ccc(OC)c(OC)c1.C=Cc1ccccc1.CC(=O)O. The van der Waals surface area contributed by atoms with E-state index in [1.54, 1.807) is 14.2 Å². The molecule has 0 spiro atoms. The molecule has 134 valence electrons. The molecule has 0 fully saturated rings. The van der Waals surface area contributed by atoms with E-state index >= 15 is 0 Å². The highest BCUT2D eigenvalue weighted by molar-refractivity contribution is 5.62. The van der Waals surface area contributed by atoms with Crippen LogP contribution in [0.25, 0.3) is 6.08 Å². The van der Waals surface area contributed by atoms with Crippen molar-refractivity contribution in [3.05, 3.63) is 78.9 Å². The van der Waals surface area contributed by atoms with Crippen molar-refractivity contribution in [2.45, 2.75) is 13.3 Å². The number of ether oxygens (including phenoxy) is 2. The van der Waals surface area contributed by atoms with Crippen LogP contribution in [0.4, 0.5) is 0 Å². The minimum absolute atomic E-state index is 0.760. The van der Waals surface area contributed by atoms with E-state index in [1.165, 1.54) is 11.1 Å². The topological polar surface area (TPSA) is 55.8 Å². The fourth-order valence-corrected chi connectivity index (χ4v) is 1.76. The van der Waals surface area contributed by atoms with E-state index in [0.29, 0.717) is 0 Å². The number of allylic oxidation sites excluding steroid dienone is 1. The van der Waals surface area contributed by atoms with E-state index in [1.807, 2.05) is 60.7 Å². The summed E-state index contributed by atoms with van der Waals surface area (Å²) in [6, 6.07) is 15.9. The van der Waals surface area contributed by atoms with Crippen LogP contribution in [0, 0.1) is 0 Å². The van der Waals surface area contributed by atoms with Gasteiger partial charge in [-0.25, -0.2) is 0 Å². The summed E-state index contributed by atoms with van der Waals surface area (Å²) in [4.78, 5) is 9.00.